The summed E-state index contributed by atoms with van der Waals surface area (Å²) in [6.07, 6.45) is 2.66. The van der Waals surface area contributed by atoms with Gasteiger partial charge in [0.1, 0.15) is 9.77 Å². The van der Waals surface area contributed by atoms with Crippen molar-refractivity contribution in [1.29, 1.82) is 0 Å². The van der Waals surface area contributed by atoms with Crippen molar-refractivity contribution in [2.45, 2.75) is 38.0 Å². The molecule has 1 unspecified atom stereocenters. The number of aryl methyl sites for hydroxylation is 1. The average Bonchev–Trinajstić information content (AvgIpc) is 2.62. The van der Waals surface area contributed by atoms with Gasteiger partial charge in [0.15, 0.2) is 0 Å². The highest BCUT2D eigenvalue weighted by atomic mass is 32.2. The van der Waals surface area contributed by atoms with E-state index < -0.39 is 16.0 Å². The first-order chi connectivity index (χ1) is 9.34. The van der Waals surface area contributed by atoms with Crippen molar-refractivity contribution in [3.8, 4) is 0 Å². The van der Waals surface area contributed by atoms with Crippen LogP contribution in [-0.2, 0) is 10.0 Å². The Labute approximate surface area is 123 Å². The molecule has 2 rings (SSSR count). The van der Waals surface area contributed by atoms with Crippen LogP contribution in [0.25, 0.3) is 0 Å². The normalized spacial score (nSPS) is 21.6. The molecule has 1 atom stereocenters. The number of nitrogens with zero attached hydrogens (tertiary/aromatic N) is 1. The zero-order chi connectivity index (χ0) is 14.9. The average molecular weight is 317 g/mol. The number of thiophene rings is 1. The fraction of sp³-hybridized carbons (Fsp3) is 0.615. The Morgan fingerprint density at radius 1 is 1.40 bits per heavy atom. The first-order valence-electron chi connectivity index (χ1n) is 6.65. The summed E-state index contributed by atoms with van der Waals surface area (Å²) in [5.74, 6) is -0.664. The molecule has 1 N–H and O–H groups in total. The van der Waals surface area contributed by atoms with E-state index in [-0.39, 0.29) is 9.77 Å². The van der Waals surface area contributed by atoms with Crippen LogP contribution >= 0.6 is 11.3 Å². The Balaban J connectivity index is 2.40. The lowest BCUT2D eigenvalue weighted by atomic mass is 10.0. The van der Waals surface area contributed by atoms with Gasteiger partial charge in [-0.3, -0.25) is 0 Å². The molecule has 1 saturated heterocycles. The van der Waals surface area contributed by atoms with Crippen molar-refractivity contribution in [1.82, 2.24) is 4.31 Å². The maximum atomic E-state index is 12.7. The molecule has 5 nitrogen and oxygen atoms in total. The second-order valence-corrected chi connectivity index (χ2v) is 8.08. The maximum Gasteiger partial charge on any atom is 0.347 e. The van der Waals surface area contributed by atoms with E-state index in [1.807, 2.05) is 0 Å². The molecule has 2 heterocycles. The molecule has 7 heteroatoms. The van der Waals surface area contributed by atoms with Gasteiger partial charge in [-0.25, -0.2) is 13.2 Å². The molecule has 1 aromatic heterocycles. The molecule has 0 saturated carbocycles. The summed E-state index contributed by atoms with van der Waals surface area (Å²) in [7, 11) is -3.71. The molecule has 1 fully saturated rings. The first-order valence-corrected chi connectivity index (χ1v) is 8.97. The Morgan fingerprint density at radius 2 is 2.10 bits per heavy atom. The zero-order valence-electron chi connectivity index (χ0n) is 11.6. The summed E-state index contributed by atoms with van der Waals surface area (Å²) in [5, 5.41) is 10.8. The second kappa shape index (κ2) is 5.83. The largest absolute Gasteiger partial charge is 0.477 e. The van der Waals surface area contributed by atoms with Crippen LogP contribution in [-0.4, -0.2) is 36.9 Å². The monoisotopic (exact) mass is 317 g/mol. The van der Waals surface area contributed by atoms with Crippen molar-refractivity contribution >= 4 is 27.3 Å². The van der Waals surface area contributed by atoms with Gasteiger partial charge in [0, 0.05) is 13.1 Å². The number of carbonyl (C=O) groups is 1. The van der Waals surface area contributed by atoms with Crippen LogP contribution in [0.1, 0.15) is 41.4 Å². The van der Waals surface area contributed by atoms with E-state index in [0.29, 0.717) is 24.6 Å². The number of rotatable bonds is 3. The van der Waals surface area contributed by atoms with Gasteiger partial charge in [-0.15, -0.1) is 11.3 Å². The minimum absolute atomic E-state index is 0.0236. The Hall–Kier alpha value is -0.920. The Bertz CT molecular complexity index is 606. The van der Waals surface area contributed by atoms with Gasteiger partial charge in [0.25, 0.3) is 0 Å². The number of sulfonamides is 1. The smallest absolute Gasteiger partial charge is 0.347 e. The van der Waals surface area contributed by atoms with Crippen molar-refractivity contribution in [2.75, 3.05) is 13.1 Å². The molecule has 112 valence electrons. The van der Waals surface area contributed by atoms with E-state index in [2.05, 4.69) is 6.92 Å². The number of carboxylic acids is 1. The van der Waals surface area contributed by atoms with Gasteiger partial charge in [0.2, 0.25) is 10.0 Å². The quantitative estimate of drug-likeness (QED) is 0.929. The van der Waals surface area contributed by atoms with E-state index in [1.165, 1.54) is 4.31 Å². The van der Waals surface area contributed by atoms with Gasteiger partial charge in [0.05, 0.1) is 0 Å². The van der Waals surface area contributed by atoms with E-state index in [9.17, 15) is 13.2 Å². The van der Waals surface area contributed by atoms with Crippen molar-refractivity contribution in [3.05, 3.63) is 15.8 Å². The molecule has 0 aromatic carbocycles. The van der Waals surface area contributed by atoms with Crippen LogP contribution in [0.2, 0.25) is 0 Å². The highest BCUT2D eigenvalue weighted by molar-refractivity contribution is 7.89. The lowest BCUT2D eigenvalue weighted by molar-refractivity contribution is 0.0698. The fourth-order valence-electron chi connectivity index (χ4n) is 2.51. The molecular formula is C13H19NO4S2. The number of carboxylic acid groups (broad SMARTS) is 1. The third kappa shape index (κ3) is 2.89. The highest BCUT2D eigenvalue weighted by Crippen LogP contribution is 2.31. The first kappa shape index (κ1) is 15.5. The van der Waals surface area contributed by atoms with E-state index in [4.69, 9.17) is 5.11 Å². The van der Waals surface area contributed by atoms with Gasteiger partial charge in [-0.1, -0.05) is 6.92 Å². The molecule has 0 spiro atoms. The van der Waals surface area contributed by atoms with Crippen LogP contribution in [0.15, 0.2) is 10.3 Å². The lowest BCUT2D eigenvalue weighted by Gasteiger charge is -2.20. The number of hydrogen-bond acceptors (Lipinski definition) is 4. The standard InChI is InChI=1S/C13H19NO4S2/c1-9-4-3-6-14(7-5-9)20(17,18)12-10(2)8-19-11(12)13(15)16/h8-9H,3-7H2,1-2H3,(H,15,16). The predicted molar refractivity (Wildman–Crippen MR) is 77.8 cm³/mol. The zero-order valence-corrected chi connectivity index (χ0v) is 13.3. The number of aromatic carboxylic acids is 1. The lowest BCUT2D eigenvalue weighted by Crippen LogP contribution is -2.33. The predicted octanol–water partition coefficient (Wildman–Crippen LogP) is 2.57. The molecule has 0 bridgehead atoms. The summed E-state index contributed by atoms with van der Waals surface area (Å²) in [6, 6.07) is 0. The van der Waals surface area contributed by atoms with Crippen molar-refractivity contribution in [2.24, 2.45) is 5.92 Å². The molecular weight excluding hydrogens is 298 g/mol. The molecule has 1 aliphatic rings. The van der Waals surface area contributed by atoms with E-state index in [1.54, 1.807) is 12.3 Å². The SMILES string of the molecule is Cc1csc(C(=O)O)c1S(=O)(=O)N1CCCC(C)CC1. The van der Waals surface area contributed by atoms with Gasteiger partial charge in [-0.05, 0) is 43.0 Å². The Kier molecular flexibility index (Phi) is 4.51. The summed E-state index contributed by atoms with van der Waals surface area (Å²) in [6.45, 7) is 4.71. The topological polar surface area (TPSA) is 74.7 Å². The molecule has 20 heavy (non-hydrogen) atoms. The van der Waals surface area contributed by atoms with Crippen molar-refractivity contribution in [3.63, 3.8) is 0 Å². The van der Waals surface area contributed by atoms with Crippen LogP contribution < -0.4 is 0 Å². The maximum absolute atomic E-state index is 12.7. The minimum atomic E-state index is -3.71. The van der Waals surface area contributed by atoms with Gasteiger partial charge >= 0.3 is 5.97 Å². The summed E-state index contributed by atoms with van der Waals surface area (Å²) in [4.78, 5) is 11.1. The Morgan fingerprint density at radius 3 is 2.75 bits per heavy atom. The molecule has 0 aliphatic carbocycles. The summed E-state index contributed by atoms with van der Waals surface area (Å²) < 4.78 is 26.9. The minimum Gasteiger partial charge on any atom is -0.477 e. The van der Waals surface area contributed by atoms with Crippen LogP contribution in [0, 0.1) is 12.8 Å². The van der Waals surface area contributed by atoms with Crippen LogP contribution in [0.3, 0.4) is 0 Å². The van der Waals surface area contributed by atoms with E-state index >= 15 is 0 Å². The molecule has 1 aliphatic heterocycles. The second-order valence-electron chi connectivity index (χ2n) is 5.32. The third-order valence-electron chi connectivity index (χ3n) is 3.69. The van der Waals surface area contributed by atoms with E-state index in [0.717, 1.165) is 30.6 Å². The fourth-order valence-corrected chi connectivity index (χ4v) is 5.58. The van der Waals surface area contributed by atoms with Crippen LogP contribution in [0.4, 0.5) is 0 Å². The van der Waals surface area contributed by atoms with Gasteiger partial charge < -0.3 is 5.11 Å². The van der Waals surface area contributed by atoms with Crippen LogP contribution in [0.5, 0.6) is 0 Å². The highest BCUT2D eigenvalue weighted by Gasteiger charge is 2.33. The number of hydrogen-bond donors (Lipinski definition) is 1. The molecule has 0 radical (unpaired) electrons. The summed E-state index contributed by atoms with van der Waals surface area (Å²) >= 11 is 0.976. The molecule has 1 aromatic rings. The van der Waals surface area contributed by atoms with Crippen molar-refractivity contribution < 1.29 is 18.3 Å². The van der Waals surface area contributed by atoms with Gasteiger partial charge in [-0.2, -0.15) is 4.31 Å². The summed E-state index contributed by atoms with van der Waals surface area (Å²) in [5.41, 5.74) is 0.518. The molecule has 0 amide bonds. The third-order valence-corrected chi connectivity index (χ3v) is 6.99.